The molecule has 0 aliphatic rings. The number of alkyl halides is 1. The second kappa shape index (κ2) is 4.77. The molecule has 0 atom stereocenters. The quantitative estimate of drug-likeness (QED) is 0.813. The summed E-state index contributed by atoms with van der Waals surface area (Å²) in [5.41, 5.74) is 0.901. The van der Waals surface area contributed by atoms with Gasteiger partial charge in [-0.15, -0.1) is 21.8 Å². The van der Waals surface area contributed by atoms with E-state index in [-0.39, 0.29) is 0 Å². The highest BCUT2D eigenvalue weighted by atomic mass is 79.9. The van der Waals surface area contributed by atoms with Gasteiger partial charge < -0.3 is 4.42 Å². The number of rotatable bonds is 3. The average Bonchev–Trinajstić information content (AvgIpc) is 2.67. The molecule has 2 aromatic rings. The van der Waals surface area contributed by atoms with E-state index in [2.05, 4.69) is 26.1 Å². The molecular formula is C10H8BrClN2O. The predicted octanol–water partition coefficient (Wildman–Crippen LogP) is 3.28. The Morgan fingerprint density at radius 1 is 1.33 bits per heavy atom. The van der Waals surface area contributed by atoms with Gasteiger partial charge in [0.15, 0.2) is 0 Å². The van der Waals surface area contributed by atoms with E-state index < -0.39 is 0 Å². The van der Waals surface area contributed by atoms with Crippen molar-refractivity contribution in [3.63, 3.8) is 0 Å². The lowest BCUT2D eigenvalue weighted by Gasteiger charge is -1.94. The second-order valence-electron chi connectivity index (χ2n) is 2.95. The summed E-state index contributed by atoms with van der Waals surface area (Å²) in [4.78, 5) is 0. The first-order valence-electron chi connectivity index (χ1n) is 4.44. The van der Waals surface area contributed by atoms with Gasteiger partial charge in [0.2, 0.25) is 11.8 Å². The zero-order valence-electron chi connectivity index (χ0n) is 7.78. The lowest BCUT2D eigenvalue weighted by atomic mass is 10.2. The zero-order valence-corrected chi connectivity index (χ0v) is 10.1. The molecule has 15 heavy (non-hydrogen) atoms. The van der Waals surface area contributed by atoms with Crippen LogP contribution < -0.4 is 0 Å². The Morgan fingerprint density at radius 2 is 2.20 bits per heavy atom. The Kier molecular flexibility index (Phi) is 3.38. The van der Waals surface area contributed by atoms with Crippen LogP contribution >= 0.6 is 27.5 Å². The highest BCUT2D eigenvalue weighted by molar-refractivity contribution is 9.10. The molecule has 3 nitrogen and oxygen atoms in total. The van der Waals surface area contributed by atoms with Crippen LogP contribution in [0.1, 0.15) is 5.89 Å². The summed E-state index contributed by atoms with van der Waals surface area (Å²) in [6.45, 7) is 0. The molecule has 1 aromatic heterocycles. The molecule has 0 amide bonds. The Morgan fingerprint density at radius 3 is 2.93 bits per heavy atom. The maximum absolute atomic E-state index is 5.58. The van der Waals surface area contributed by atoms with Crippen molar-refractivity contribution in [3.8, 4) is 11.5 Å². The lowest BCUT2D eigenvalue weighted by molar-refractivity contribution is 0.513. The van der Waals surface area contributed by atoms with E-state index in [1.54, 1.807) is 0 Å². The molecule has 0 N–H and O–H groups in total. The van der Waals surface area contributed by atoms with Crippen LogP contribution in [0.25, 0.3) is 11.5 Å². The van der Waals surface area contributed by atoms with E-state index in [0.29, 0.717) is 24.1 Å². The maximum Gasteiger partial charge on any atom is 0.247 e. The van der Waals surface area contributed by atoms with Gasteiger partial charge in [0.25, 0.3) is 0 Å². The highest BCUT2D eigenvalue weighted by Crippen LogP contribution is 2.21. The summed E-state index contributed by atoms with van der Waals surface area (Å²) in [5.74, 6) is 1.58. The van der Waals surface area contributed by atoms with E-state index in [1.807, 2.05) is 24.3 Å². The molecule has 0 aliphatic carbocycles. The Hall–Kier alpha value is -0.870. The smallest absolute Gasteiger partial charge is 0.247 e. The fourth-order valence-corrected chi connectivity index (χ4v) is 1.73. The van der Waals surface area contributed by atoms with Gasteiger partial charge in [-0.05, 0) is 18.2 Å². The van der Waals surface area contributed by atoms with Crippen LogP contribution in [-0.4, -0.2) is 16.1 Å². The molecule has 5 heteroatoms. The maximum atomic E-state index is 5.58. The van der Waals surface area contributed by atoms with Crippen LogP contribution in [0.2, 0.25) is 0 Å². The first-order chi connectivity index (χ1) is 7.29. The molecular weight excluding hydrogens is 279 g/mol. The van der Waals surface area contributed by atoms with E-state index in [4.69, 9.17) is 16.0 Å². The number of nitrogens with zero attached hydrogens (tertiary/aromatic N) is 2. The molecule has 0 saturated heterocycles. The molecule has 78 valence electrons. The van der Waals surface area contributed by atoms with Gasteiger partial charge in [0.1, 0.15) is 0 Å². The summed E-state index contributed by atoms with van der Waals surface area (Å²) in [7, 11) is 0. The van der Waals surface area contributed by atoms with Crippen LogP contribution in [0, 0.1) is 0 Å². The van der Waals surface area contributed by atoms with Crippen molar-refractivity contribution in [2.75, 3.05) is 5.88 Å². The third kappa shape index (κ3) is 2.58. The number of aryl methyl sites for hydroxylation is 1. The van der Waals surface area contributed by atoms with Gasteiger partial charge in [-0.1, -0.05) is 22.0 Å². The van der Waals surface area contributed by atoms with E-state index >= 15 is 0 Å². The molecule has 0 bridgehead atoms. The van der Waals surface area contributed by atoms with Gasteiger partial charge >= 0.3 is 0 Å². The fraction of sp³-hybridized carbons (Fsp3) is 0.200. The molecule has 0 saturated carbocycles. The minimum absolute atomic E-state index is 0.486. The second-order valence-corrected chi connectivity index (χ2v) is 4.24. The first-order valence-corrected chi connectivity index (χ1v) is 5.76. The van der Waals surface area contributed by atoms with Crippen LogP contribution in [0.4, 0.5) is 0 Å². The standard InChI is InChI=1S/C10H8BrClN2O/c11-8-3-1-2-7(6-8)10-14-13-9(15-10)4-5-12/h1-3,6H,4-5H2. The SMILES string of the molecule is ClCCc1nnc(-c2cccc(Br)c2)o1. The Balaban J connectivity index is 2.29. The topological polar surface area (TPSA) is 38.9 Å². The van der Waals surface area contributed by atoms with Crippen molar-refractivity contribution in [2.45, 2.75) is 6.42 Å². The zero-order chi connectivity index (χ0) is 10.7. The molecule has 1 aromatic carbocycles. The monoisotopic (exact) mass is 286 g/mol. The minimum atomic E-state index is 0.486. The number of hydrogen-bond donors (Lipinski definition) is 0. The fourth-order valence-electron chi connectivity index (χ4n) is 1.17. The number of benzene rings is 1. The molecule has 0 spiro atoms. The lowest BCUT2D eigenvalue weighted by Crippen LogP contribution is -1.84. The van der Waals surface area contributed by atoms with Gasteiger partial charge in [0.05, 0.1) is 0 Å². The molecule has 0 unspecified atom stereocenters. The molecule has 2 rings (SSSR count). The summed E-state index contributed by atoms with van der Waals surface area (Å²) >= 11 is 8.97. The van der Waals surface area contributed by atoms with Crippen molar-refractivity contribution in [1.82, 2.24) is 10.2 Å². The molecule has 0 fully saturated rings. The summed E-state index contributed by atoms with van der Waals surface area (Å²) in [6, 6.07) is 7.71. The summed E-state index contributed by atoms with van der Waals surface area (Å²) in [5, 5.41) is 7.85. The highest BCUT2D eigenvalue weighted by Gasteiger charge is 2.07. The molecule has 1 heterocycles. The molecule has 0 aliphatic heterocycles. The Labute approximate surface area is 101 Å². The Bertz CT molecular complexity index is 458. The first kappa shape index (κ1) is 10.6. The van der Waals surface area contributed by atoms with Crippen LogP contribution in [-0.2, 0) is 6.42 Å². The largest absolute Gasteiger partial charge is 0.421 e. The van der Waals surface area contributed by atoms with E-state index in [0.717, 1.165) is 10.0 Å². The number of halogens is 2. The third-order valence-electron chi connectivity index (χ3n) is 1.85. The van der Waals surface area contributed by atoms with Crippen molar-refractivity contribution in [3.05, 3.63) is 34.6 Å². The summed E-state index contributed by atoms with van der Waals surface area (Å²) in [6.07, 6.45) is 0.600. The van der Waals surface area contributed by atoms with Gasteiger partial charge in [-0.3, -0.25) is 0 Å². The predicted molar refractivity (Wildman–Crippen MR) is 61.9 cm³/mol. The van der Waals surface area contributed by atoms with Crippen molar-refractivity contribution < 1.29 is 4.42 Å². The van der Waals surface area contributed by atoms with Crippen molar-refractivity contribution in [1.29, 1.82) is 0 Å². The van der Waals surface area contributed by atoms with Gasteiger partial charge in [-0.2, -0.15) is 0 Å². The van der Waals surface area contributed by atoms with E-state index in [1.165, 1.54) is 0 Å². The van der Waals surface area contributed by atoms with Gasteiger partial charge in [-0.25, -0.2) is 0 Å². The van der Waals surface area contributed by atoms with Crippen LogP contribution in [0.15, 0.2) is 33.2 Å². The minimum Gasteiger partial charge on any atom is -0.421 e. The number of hydrogen-bond acceptors (Lipinski definition) is 3. The van der Waals surface area contributed by atoms with Crippen LogP contribution in [0.3, 0.4) is 0 Å². The average molecular weight is 288 g/mol. The van der Waals surface area contributed by atoms with Crippen molar-refractivity contribution in [2.24, 2.45) is 0 Å². The van der Waals surface area contributed by atoms with Crippen LogP contribution in [0.5, 0.6) is 0 Å². The third-order valence-corrected chi connectivity index (χ3v) is 2.53. The number of aromatic nitrogens is 2. The van der Waals surface area contributed by atoms with Crippen molar-refractivity contribution >= 4 is 27.5 Å². The molecule has 0 radical (unpaired) electrons. The van der Waals surface area contributed by atoms with E-state index in [9.17, 15) is 0 Å². The van der Waals surface area contributed by atoms with Gasteiger partial charge in [0, 0.05) is 22.3 Å². The normalized spacial score (nSPS) is 10.5. The summed E-state index contributed by atoms with van der Waals surface area (Å²) < 4.78 is 6.42.